The van der Waals surface area contributed by atoms with Crippen LogP contribution in [-0.2, 0) is 0 Å². The molecular formula is C15H18N4O2. The zero-order valence-corrected chi connectivity index (χ0v) is 12.1. The molecule has 0 radical (unpaired) electrons. The van der Waals surface area contributed by atoms with Crippen molar-refractivity contribution in [3.8, 4) is 11.5 Å². The number of ether oxygens (including phenoxy) is 2. The maximum absolute atomic E-state index is 5.28. The predicted octanol–water partition coefficient (Wildman–Crippen LogP) is 2.81. The van der Waals surface area contributed by atoms with Crippen molar-refractivity contribution in [2.24, 2.45) is 0 Å². The number of hydrogen-bond donors (Lipinski definition) is 2. The Morgan fingerprint density at radius 1 is 1.10 bits per heavy atom. The van der Waals surface area contributed by atoms with Crippen molar-refractivity contribution >= 4 is 17.5 Å². The van der Waals surface area contributed by atoms with E-state index in [1.807, 2.05) is 24.3 Å². The highest BCUT2D eigenvalue weighted by Gasteiger charge is 2.21. The molecule has 1 aromatic carbocycles. The molecule has 1 heterocycles. The van der Waals surface area contributed by atoms with Gasteiger partial charge in [-0.1, -0.05) is 0 Å². The van der Waals surface area contributed by atoms with Gasteiger partial charge >= 0.3 is 0 Å². The van der Waals surface area contributed by atoms with Gasteiger partial charge < -0.3 is 20.1 Å². The maximum atomic E-state index is 5.28. The number of anilines is 3. The molecule has 6 nitrogen and oxygen atoms in total. The van der Waals surface area contributed by atoms with E-state index in [2.05, 4.69) is 20.6 Å². The highest BCUT2D eigenvalue weighted by molar-refractivity contribution is 5.60. The molecular weight excluding hydrogens is 268 g/mol. The van der Waals surface area contributed by atoms with E-state index in [0.29, 0.717) is 23.5 Å². The lowest BCUT2D eigenvalue weighted by atomic mass is 10.3. The average molecular weight is 286 g/mol. The molecule has 2 N–H and O–H groups in total. The van der Waals surface area contributed by atoms with Gasteiger partial charge in [0.05, 0.1) is 14.2 Å². The van der Waals surface area contributed by atoms with Gasteiger partial charge in [0.15, 0.2) is 11.5 Å². The Bertz CT molecular complexity index is 629. The van der Waals surface area contributed by atoms with Gasteiger partial charge in [0.2, 0.25) is 5.95 Å². The zero-order valence-electron chi connectivity index (χ0n) is 12.1. The first kappa shape index (κ1) is 13.5. The summed E-state index contributed by atoms with van der Waals surface area (Å²) in [5.74, 6) is 2.74. The van der Waals surface area contributed by atoms with Crippen molar-refractivity contribution in [1.29, 1.82) is 0 Å². The van der Waals surface area contributed by atoms with Gasteiger partial charge in [-0.25, -0.2) is 4.98 Å². The highest BCUT2D eigenvalue weighted by Crippen LogP contribution is 2.30. The molecule has 110 valence electrons. The van der Waals surface area contributed by atoms with Gasteiger partial charge in [0, 0.05) is 24.0 Å². The van der Waals surface area contributed by atoms with Crippen molar-refractivity contribution in [3.63, 3.8) is 0 Å². The van der Waals surface area contributed by atoms with Gasteiger partial charge in [-0.05, 0) is 31.0 Å². The lowest BCUT2D eigenvalue weighted by Gasteiger charge is -2.11. The lowest BCUT2D eigenvalue weighted by molar-refractivity contribution is 0.355. The van der Waals surface area contributed by atoms with Crippen molar-refractivity contribution in [3.05, 3.63) is 30.5 Å². The molecule has 0 saturated heterocycles. The molecule has 1 saturated carbocycles. The smallest absolute Gasteiger partial charge is 0.229 e. The number of benzene rings is 1. The summed E-state index contributed by atoms with van der Waals surface area (Å²) in [6, 6.07) is 8.02. The average Bonchev–Trinajstić information content (AvgIpc) is 3.31. The minimum absolute atomic E-state index is 0.549. The molecule has 21 heavy (non-hydrogen) atoms. The number of nitrogens with one attached hydrogen (secondary N) is 2. The molecule has 0 amide bonds. The van der Waals surface area contributed by atoms with Gasteiger partial charge in [-0.15, -0.1) is 0 Å². The summed E-state index contributed by atoms with van der Waals surface area (Å²) in [6.07, 6.45) is 4.16. The van der Waals surface area contributed by atoms with Crippen LogP contribution in [0, 0.1) is 0 Å². The molecule has 0 aliphatic heterocycles. The fraction of sp³-hybridized carbons (Fsp3) is 0.333. The normalized spacial score (nSPS) is 13.6. The number of nitrogens with zero attached hydrogens (tertiary/aromatic N) is 2. The summed E-state index contributed by atoms with van der Waals surface area (Å²) in [5.41, 5.74) is 0.844. The first-order chi connectivity index (χ1) is 10.3. The van der Waals surface area contributed by atoms with E-state index in [0.717, 1.165) is 11.5 Å². The Morgan fingerprint density at radius 3 is 2.62 bits per heavy atom. The van der Waals surface area contributed by atoms with Crippen LogP contribution in [0.5, 0.6) is 11.5 Å². The van der Waals surface area contributed by atoms with Gasteiger partial charge in [-0.3, -0.25) is 0 Å². The predicted molar refractivity (Wildman–Crippen MR) is 81.5 cm³/mol. The molecule has 6 heteroatoms. The summed E-state index contributed by atoms with van der Waals surface area (Å²) < 4.78 is 10.5. The largest absolute Gasteiger partial charge is 0.493 e. The third-order valence-electron chi connectivity index (χ3n) is 3.22. The van der Waals surface area contributed by atoms with Crippen molar-refractivity contribution in [2.75, 3.05) is 24.9 Å². The number of rotatable bonds is 6. The second-order valence-corrected chi connectivity index (χ2v) is 4.88. The van der Waals surface area contributed by atoms with E-state index < -0.39 is 0 Å². The lowest BCUT2D eigenvalue weighted by Crippen LogP contribution is -2.05. The van der Waals surface area contributed by atoms with E-state index in [1.54, 1.807) is 20.4 Å². The van der Waals surface area contributed by atoms with Crippen LogP contribution in [0.15, 0.2) is 30.5 Å². The fourth-order valence-electron chi connectivity index (χ4n) is 1.98. The highest BCUT2D eigenvalue weighted by atomic mass is 16.5. The SMILES string of the molecule is COc1ccc(Nc2nccc(NC3CC3)n2)cc1OC. The summed E-state index contributed by atoms with van der Waals surface area (Å²) >= 11 is 0. The summed E-state index contributed by atoms with van der Waals surface area (Å²) in [5, 5.41) is 6.51. The molecule has 0 bridgehead atoms. The van der Waals surface area contributed by atoms with E-state index in [1.165, 1.54) is 12.8 Å². The summed E-state index contributed by atoms with van der Waals surface area (Å²) in [4.78, 5) is 8.67. The quantitative estimate of drug-likeness (QED) is 0.851. The Morgan fingerprint density at radius 2 is 1.90 bits per heavy atom. The maximum Gasteiger partial charge on any atom is 0.229 e. The van der Waals surface area contributed by atoms with E-state index in [-0.39, 0.29) is 0 Å². The Balaban J connectivity index is 1.76. The molecule has 1 aliphatic carbocycles. The molecule has 0 atom stereocenters. The van der Waals surface area contributed by atoms with E-state index in [9.17, 15) is 0 Å². The summed E-state index contributed by atoms with van der Waals surface area (Å²) in [6.45, 7) is 0. The Hall–Kier alpha value is -2.50. The first-order valence-corrected chi connectivity index (χ1v) is 6.87. The molecule has 3 rings (SSSR count). The number of aromatic nitrogens is 2. The standard InChI is InChI=1S/C15H18N4O2/c1-20-12-6-5-11(9-13(12)21-2)18-15-16-8-7-14(19-15)17-10-3-4-10/h5-10H,3-4H2,1-2H3,(H2,16,17,18,19). The van der Waals surface area contributed by atoms with Gasteiger partial charge in [0.25, 0.3) is 0 Å². The number of hydrogen-bond acceptors (Lipinski definition) is 6. The third kappa shape index (κ3) is 3.34. The molecule has 0 spiro atoms. The Kier molecular flexibility index (Phi) is 3.77. The molecule has 1 aliphatic rings. The topological polar surface area (TPSA) is 68.3 Å². The monoisotopic (exact) mass is 286 g/mol. The third-order valence-corrected chi connectivity index (χ3v) is 3.22. The van der Waals surface area contributed by atoms with Crippen molar-refractivity contribution in [1.82, 2.24) is 9.97 Å². The molecule has 2 aromatic rings. The second kappa shape index (κ2) is 5.87. The zero-order chi connectivity index (χ0) is 14.7. The van der Waals surface area contributed by atoms with Crippen LogP contribution in [0.25, 0.3) is 0 Å². The van der Waals surface area contributed by atoms with Crippen LogP contribution < -0.4 is 20.1 Å². The van der Waals surface area contributed by atoms with Crippen LogP contribution in [0.3, 0.4) is 0 Å². The van der Waals surface area contributed by atoms with Crippen molar-refractivity contribution < 1.29 is 9.47 Å². The van der Waals surface area contributed by atoms with Crippen LogP contribution >= 0.6 is 0 Å². The van der Waals surface area contributed by atoms with Gasteiger partial charge in [-0.2, -0.15) is 4.98 Å². The van der Waals surface area contributed by atoms with E-state index in [4.69, 9.17) is 9.47 Å². The Labute approximate surface area is 123 Å². The fourth-order valence-corrected chi connectivity index (χ4v) is 1.98. The van der Waals surface area contributed by atoms with E-state index >= 15 is 0 Å². The molecule has 1 aromatic heterocycles. The molecule has 0 unspecified atom stereocenters. The minimum Gasteiger partial charge on any atom is -0.493 e. The summed E-state index contributed by atoms with van der Waals surface area (Å²) in [7, 11) is 3.22. The van der Waals surface area contributed by atoms with Crippen LogP contribution in [-0.4, -0.2) is 30.2 Å². The van der Waals surface area contributed by atoms with Crippen LogP contribution in [0.4, 0.5) is 17.5 Å². The minimum atomic E-state index is 0.549. The first-order valence-electron chi connectivity index (χ1n) is 6.87. The molecule has 1 fully saturated rings. The van der Waals surface area contributed by atoms with Crippen LogP contribution in [0.1, 0.15) is 12.8 Å². The number of methoxy groups -OCH3 is 2. The van der Waals surface area contributed by atoms with Crippen molar-refractivity contribution in [2.45, 2.75) is 18.9 Å². The van der Waals surface area contributed by atoms with Crippen LogP contribution in [0.2, 0.25) is 0 Å². The van der Waals surface area contributed by atoms with Gasteiger partial charge in [0.1, 0.15) is 5.82 Å². The second-order valence-electron chi connectivity index (χ2n) is 4.88.